The lowest BCUT2D eigenvalue weighted by Crippen LogP contribution is -2.09. The first kappa shape index (κ1) is 15.2. The monoisotopic (exact) mass is 309 g/mol. The summed E-state index contributed by atoms with van der Waals surface area (Å²) in [5.74, 6) is 0.433. The molecule has 5 heteroatoms. The van der Waals surface area contributed by atoms with Gasteiger partial charge < -0.3 is 9.72 Å². The molecule has 1 N–H and O–H groups in total. The largest absolute Gasteiger partial charge is 0.381 e. The summed E-state index contributed by atoms with van der Waals surface area (Å²) in [5.41, 5.74) is 3.21. The molecule has 0 bridgehead atoms. The van der Waals surface area contributed by atoms with Crippen LogP contribution in [0.3, 0.4) is 0 Å². The molecule has 0 aliphatic rings. The van der Waals surface area contributed by atoms with Gasteiger partial charge in [-0.1, -0.05) is 12.1 Å². The van der Waals surface area contributed by atoms with E-state index in [0.717, 1.165) is 22.4 Å². The third-order valence-electron chi connectivity index (χ3n) is 3.82. The summed E-state index contributed by atoms with van der Waals surface area (Å²) in [4.78, 5) is 7.76. The van der Waals surface area contributed by atoms with Crippen molar-refractivity contribution in [3.8, 4) is 17.2 Å². The molecule has 0 aliphatic carbocycles. The average molecular weight is 309 g/mol. The van der Waals surface area contributed by atoms with Crippen LogP contribution in [0.2, 0.25) is 0 Å². The Hall–Kier alpha value is -2.71. The van der Waals surface area contributed by atoms with Gasteiger partial charge in [0.25, 0.3) is 0 Å². The van der Waals surface area contributed by atoms with E-state index in [1.807, 2.05) is 31.2 Å². The minimum atomic E-state index is -0.406. The molecule has 3 aromatic rings. The van der Waals surface area contributed by atoms with Crippen molar-refractivity contribution < 1.29 is 9.13 Å². The number of hydrogen-bond acceptors (Lipinski definition) is 3. The van der Waals surface area contributed by atoms with Gasteiger partial charge in [0.15, 0.2) is 0 Å². The highest BCUT2D eigenvalue weighted by molar-refractivity contribution is 5.82. The van der Waals surface area contributed by atoms with E-state index in [1.54, 1.807) is 19.2 Å². The van der Waals surface area contributed by atoms with Gasteiger partial charge in [-0.25, -0.2) is 9.37 Å². The number of H-pyrrole nitrogens is 1. The third-order valence-corrected chi connectivity index (χ3v) is 3.82. The molecule has 23 heavy (non-hydrogen) atoms. The molecule has 0 radical (unpaired) electrons. The van der Waals surface area contributed by atoms with Crippen LogP contribution in [0.25, 0.3) is 22.2 Å². The summed E-state index contributed by atoms with van der Waals surface area (Å²) >= 11 is 0. The topological polar surface area (TPSA) is 61.7 Å². The molecule has 0 unspecified atom stereocenters. The molecule has 2 aromatic carbocycles. The molecule has 4 nitrogen and oxygen atoms in total. The van der Waals surface area contributed by atoms with Gasteiger partial charge in [0, 0.05) is 19.1 Å². The maximum absolute atomic E-state index is 14.2. The van der Waals surface area contributed by atoms with Crippen LogP contribution < -0.4 is 0 Å². The van der Waals surface area contributed by atoms with Crippen LogP contribution >= 0.6 is 0 Å². The number of aromatic nitrogens is 2. The van der Waals surface area contributed by atoms with Crippen molar-refractivity contribution in [2.75, 3.05) is 7.11 Å². The minimum absolute atomic E-state index is 0.0750. The molecule has 0 saturated carbocycles. The highest BCUT2D eigenvalue weighted by Gasteiger charge is 2.10. The number of hydrogen-bond donors (Lipinski definition) is 1. The van der Waals surface area contributed by atoms with E-state index >= 15 is 0 Å². The Morgan fingerprint density at radius 3 is 2.83 bits per heavy atom. The van der Waals surface area contributed by atoms with Crippen molar-refractivity contribution in [3.05, 3.63) is 53.6 Å². The minimum Gasteiger partial charge on any atom is -0.381 e. The molecule has 1 aromatic heterocycles. The van der Waals surface area contributed by atoms with Crippen molar-refractivity contribution in [2.45, 2.75) is 19.4 Å². The number of nitrogens with one attached hydrogen (secondary N) is 1. The fourth-order valence-corrected chi connectivity index (χ4v) is 2.50. The zero-order valence-corrected chi connectivity index (χ0v) is 12.9. The molecule has 0 saturated heterocycles. The molecule has 1 atom stereocenters. The summed E-state index contributed by atoms with van der Waals surface area (Å²) < 4.78 is 19.4. The standard InChI is InChI=1S/C18H16FN3O/c1-11(23-2)7-18-21-16-6-4-13(9-17(16)22-18)14-5-3-12(10-20)8-15(14)19/h3-6,8-9,11H,7H2,1-2H3,(H,21,22)/t11-/m1/s1. The lowest BCUT2D eigenvalue weighted by atomic mass is 10.0. The number of nitrogens with zero attached hydrogens (tertiary/aromatic N) is 2. The summed E-state index contributed by atoms with van der Waals surface area (Å²) in [6.45, 7) is 1.98. The maximum atomic E-state index is 14.2. The van der Waals surface area contributed by atoms with E-state index in [9.17, 15) is 4.39 Å². The second-order valence-corrected chi connectivity index (χ2v) is 5.47. The number of aromatic amines is 1. The average Bonchev–Trinajstić information content (AvgIpc) is 2.95. The van der Waals surface area contributed by atoms with Crippen molar-refractivity contribution in [1.82, 2.24) is 9.97 Å². The first-order chi connectivity index (χ1) is 11.1. The van der Waals surface area contributed by atoms with Crippen molar-refractivity contribution in [1.29, 1.82) is 5.26 Å². The van der Waals surface area contributed by atoms with Crippen LogP contribution in [-0.2, 0) is 11.2 Å². The van der Waals surface area contributed by atoms with Gasteiger partial charge in [-0.05, 0) is 36.8 Å². The summed E-state index contributed by atoms with van der Waals surface area (Å²) in [7, 11) is 1.67. The molecular formula is C18H16FN3O. The third kappa shape index (κ3) is 3.08. The van der Waals surface area contributed by atoms with Crippen LogP contribution in [0, 0.1) is 17.1 Å². The van der Waals surface area contributed by atoms with E-state index in [4.69, 9.17) is 10.00 Å². The van der Waals surface area contributed by atoms with E-state index in [-0.39, 0.29) is 6.10 Å². The first-order valence-electron chi connectivity index (χ1n) is 7.32. The highest BCUT2D eigenvalue weighted by Crippen LogP contribution is 2.26. The molecule has 3 rings (SSSR count). The number of rotatable bonds is 4. The van der Waals surface area contributed by atoms with Crippen molar-refractivity contribution >= 4 is 11.0 Å². The van der Waals surface area contributed by atoms with Gasteiger partial charge >= 0.3 is 0 Å². The second-order valence-electron chi connectivity index (χ2n) is 5.47. The molecule has 0 spiro atoms. The number of imidazole rings is 1. The van der Waals surface area contributed by atoms with E-state index in [2.05, 4.69) is 9.97 Å². The molecule has 0 aliphatic heterocycles. The van der Waals surface area contributed by atoms with Crippen LogP contribution in [0.5, 0.6) is 0 Å². The zero-order chi connectivity index (χ0) is 16.4. The second kappa shape index (κ2) is 6.19. The van der Waals surface area contributed by atoms with Gasteiger partial charge in [0.2, 0.25) is 0 Å². The quantitative estimate of drug-likeness (QED) is 0.797. The molecular weight excluding hydrogens is 293 g/mol. The summed E-state index contributed by atoms with van der Waals surface area (Å²) in [5, 5.41) is 8.82. The smallest absolute Gasteiger partial charge is 0.132 e. The Labute approximate surface area is 133 Å². The van der Waals surface area contributed by atoms with Gasteiger partial charge in [0.05, 0.1) is 28.8 Å². The lowest BCUT2D eigenvalue weighted by Gasteiger charge is -2.05. The number of ether oxygens (including phenoxy) is 1. The van der Waals surface area contributed by atoms with Crippen LogP contribution in [0.4, 0.5) is 4.39 Å². The molecule has 116 valence electrons. The van der Waals surface area contributed by atoms with E-state index < -0.39 is 5.82 Å². The van der Waals surface area contributed by atoms with Gasteiger partial charge in [-0.3, -0.25) is 0 Å². The molecule has 0 fully saturated rings. The number of halogens is 1. The fourth-order valence-electron chi connectivity index (χ4n) is 2.50. The normalized spacial score (nSPS) is 12.3. The zero-order valence-electron chi connectivity index (χ0n) is 12.9. The van der Waals surface area contributed by atoms with E-state index in [0.29, 0.717) is 17.5 Å². The van der Waals surface area contributed by atoms with E-state index in [1.165, 1.54) is 6.07 Å². The van der Waals surface area contributed by atoms with Crippen LogP contribution in [0.15, 0.2) is 36.4 Å². The molecule has 1 heterocycles. The van der Waals surface area contributed by atoms with Gasteiger partial charge in [-0.2, -0.15) is 5.26 Å². The Kier molecular flexibility index (Phi) is 4.09. The predicted molar refractivity (Wildman–Crippen MR) is 86.4 cm³/mol. The number of fused-ring (bicyclic) bond motifs is 1. The first-order valence-corrected chi connectivity index (χ1v) is 7.32. The Balaban J connectivity index is 1.98. The van der Waals surface area contributed by atoms with Crippen LogP contribution in [0.1, 0.15) is 18.3 Å². The number of methoxy groups -OCH3 is 1. The van der Waals surface area contributed by atoms with Crippen molar-refractivity contribution in [2.24, 2.45) is 0 Å². The SMILES string of the molecule is CO[C@H](C)Cc1nc2ccc(-c3ccc(C#N)cc3F)cc2[nH]1. The van der Waals surface area contributed by atoms with Gasteiger partial charge in [0.1, 0.15) is 11.6 Å². The maximum Gasteiger partial charge on any atom is 0.132 e. The highest BCUT2D eigenvalue weighted by atomic mass is 19.1. The fraction of sp³-hybridized carbons (Fsp3) is 0.222. The van der Waals surface area contributed by atoms with Gasteiger partial charge in [-0.15, -0.1) is 0 Å². The number of nitriles is 1. The Morgan fingerprint density at radius 2 is 2.13 bits per heavy atom. The summed E-state index contributed by atoms with van der Waals surface area (Å²) in [6, 6.07) is 12.0. The predicted octanol–water partition coefficient (Wildman–Crippen LogP) is 3.82. The van der Waals surface area contributed by atoms with Crippen molar-refractivity contribution in [3.63, 3.8) is 0 Å². The Bertz CT molecular complexity index is 895. The van der Waals surface area contributed by atoms with Crippen LogP contribution in [-0.4, -0.2) is 23.2 Å². The summed E-state index contributed by atoms with van der Waals surface area (Å²) in [6.07, 6.45) is 0.761. The lowest BCUT2D eigenvalue weighted by molar-refractivity contribution is 0.117. The molecule has 0 amide bonds. The number of benzene rings is 2. The Morgan fingerprint density at radius 1 is 1.30 bits per heavy atom.